The Morgan fingerprint density at radius 1 is 1.32 bits per heavy atom. The Balaban J connectivity index is 1.73. The van der Waals surface area contributed by atoms with Gasteiger partial charge < -0.3 is 9.88 Å². The zero-order valence-corrected chi connectivity index (χ0v) is 12.9. The van der Waals surface area contributed by atoms with E-state index >= 15 is 0 Å². The van der Waals surface area contributed by atoms with Gasteiger partial charge in [-0.15, -0.1) is 0 Å². The van der Waals surface area contributed by atoms with Gasteiger partial charge in [0.05, 0.1) is 18.6 Å². The molecule has 0 aliphatic heterocycles. The standard InChI is InChI=1S/C15H18BrN3/c1-10-5-12(6-11(2)15(10)16)18-8-14-7-17-9-19(14)13-3-4-13/h5-7,9,13,18H,3-4,8H2,1-2H3. The summed E-state index contributed by atoms with van der Waals surface area (Å²) in [6.45, 7) is 5.07. The molecular formula is C15H18BrN3. The fourth-order valence-electron chi connectivity index (χ4n) is 2.39. The molecule has 3 nitrogen and oxygen atoms in total. The minimum absolute atomic E-state index is 0.688. The van der Waals surface area contributed by atoms with E-state index in [1.54, 1.807) is 0 Å². The summed E-state index contributed by atoms with van der Waals surface area (Å²) in [7, 11) is 0. The largest absolute Gasteiger partial charge is 0.379 e. The van der Waals surface area contributed by atoms with Gasteiger partial charge in [0, 0.05) is 22.4 Å². The normalized spacial score (nSPS) is 14.7. The number of nitrogens with zero attached hydrogens (tertiary/aromatic N) is 2. The summed E-state index contributed by atoms with van der Waals surface area (Å²) in [5, 5.41) is 3.50. The van der Waals surface area contributed by atoms with Crippen LogP contribution in [0.1, 0.15) is 35.7 Å². The lowest BCUT2D eigenvalue weighted by Crippen LogP contribution is -2.06. The number of imidazole rings is 1. The molecule has 0 spiro atoms. The Labute approximate surface area is 122 Å². The van der Waals surface area contributed by atoms with E-state index in [1.807, 2.05) is 12.5 Å². The van der Waals surface area contributed by atoms with E-state index in [0.29, 0.717) is 6.04 Å². The molecule has 0 saturated heterocycles. The lowest BCUT2D eigenvalue weighted by molar-refractivity contribution is 0.701. The van der Waals surface area contributed by atoms with Crippen LogP contribution in [0.2, 0.25) is 0 Å². The van der Waals surface area contributed by atoms with E-state index in [4.69, 9.17) is 0 Å². The van der Waals surface area contributed by atoms with Gasteiger partial charge in [-0.3, -0.25) is 0 Å². The number of hydrogen-bond acceptors (Lipinski definition) is 2. The molecule has 1 N–H and O–H groups in total. The van der Waals surface area contributed by atoms with Crippen LogP contribution >= 0.6 is 15.9 Å². The second-order valence-corrected chi connectivity index (χ2v) is 6.09. The first-order valence-electron chi connectivity index (χ1n) is 6.66. The number of aryl methyl sites for hydroxylation is 2. The van der Waals surface area contributed by atoms with Crippen molar-refractivity contribution in [3.05, 3.63) is 46.0 Å². The summed E-state index contributed by atoms with van der Waals surface area (Å²) >= 11 is 3.60. The van der Waals surface area contributed by atoms with Crippen molar-refractivity contribution in [3.8, 4) is 0 Å². The van der Waals surface area contributed by atoms with Crippen molar-refractivity contribution in [3.63, 3.8) is 0 Å². The lowest BCUT2D eigenvalue weighted by Gasteiger charge is -2.12. The average Bonchev–Trinajstić information content (AvgIpc) is 3.12. The van der Waals surface area contributed by atoms with Gasteiger partial charge in [-0.05, 0) is 49.9 Å². The van der Waals surface area contributed by atoms with Gasteiger partial charge >= 0.3 is 0 Å². The molecule has 1 aromatic carbocycles. The predicted octanol–water partition coefficient (Wildman–Crippen LogP) is 4.21. The van der Waals surface area contributed by atoms with Crippen LogP contribution in [0.4, 0.5) is 5.69 Å². The van der Waals surface area contributed by atoms with Crippen molar-refractivity contribution in [2.75, 3.05) is 5.32 Å². The lowest BCUT2D eigenvalue weighted by atomic mass is 10.1. The highest BCUT2D eigenvalue weighted by Gasteiger charge is 2.24. The summed E-state index contributed by atoms with van der Waals surface area (Å²) in [5.74, 6) is 0. The highest BCUT2D eigenvalue weighted by atomic mass is 79.9. The zero-order chi connectivity index (χ0) is 13.4. The fourth-order valence-corrected chi connectivity index (χ4v) is 2.62. The van der Waals surface area contributed by atoms with E-state index in [0.717, 1.165) is 6.54 Å². The molecule has 1 aromatic heterocycles. The van der Waals surface area contributed by atoms with E-state index in [-0.39, 0.29) is 0 Å². The molecule has 0 radical (unpaired) electrons. The molecule has 1 heterocycles. The van der Waals surface area contributed by atoms with Gasteiger partial charge in [0.25, 0.3) is 0 Å². The van der Waals surface area contributed by atoms with Gasteiger partial charge in [-0.1, -0.05) is 15.9 Å². The van der Waals surface area contributed by atoms with Crippen LogP contribution < -0.4 is 5.32 Å². The third-order valence-corrected chi connectivity index (χ3v) is 4.85. The molecule has 3 rings (SSSR count). The van der Waals surface area contributed by atoms with Gasteiger partial charge in [0.1, 0.15) is 0 Å². The number of hydrogen-bond donors (Lipinski definition) is 1. The Kier molecular flexibility index (Phi) is 3.35. The van der Waals surface area contributed by atoms with Crippen LogP contribution in [-0.4, -0.2) is 9.55 Å². The molecule has 4 heteroatoms. The molecule has 1 aliphatic rings. The van der Waals surface area contributed by atoms with E-state index < -0.39 is 0 Å². The first kappa shape index (κ1) is 12.7. The van der Waals surface area contributed by atoms with Crippen molar-refractivity contribution in [1.29, 1.82) is 0 Å². The SMILES string of the molecule is Cc1cc(NCc2cncn2C2CC2)cc(C)c1Br. The van der Waals surface area contributed by atoms with Crippen LogP contribution in [-0.2, 0) is 6.54 Å². The van der Waals surface area contributed by atoms with Gasteiger partial charge in [0.15, 0.2) is 0 Å². The first-order chi connectivity index (χ1) is 9.15. The number of aromatic nitrogens is 2. The maximum absolute atomic E-state index is 4.26. The third kappa shape index (κ3) is 2.68. The Morgan fingerprint density at radius 2 is 2.00 bits per heavy atom. The number of nitrogens with one attached hydrogen (secondary N) is 1. The summed E-state index contributed by atoms with van der Waals surface area (Å²) in [4.78, 5) is 4.26. The monoisotopic (exact) mass is 319 g/mol. The smallest absolute Gasteiger partial charge is 0.0951 e. The maximum Gasteiger partial charge on any atom is 0.0951 e. The molecule has 0 amide bonds. The third-order valence-electron chi connectivity index (χ3n) is 3.60. The molecule has 19 heavy (non-hydrogen) atoms. The highest BCUT2D eigenvalue weighted by molar-refractivity contribution is 9.10. The van der Waals surface area contributed by atoms with E-state index in [2.05, 4.69) is 56.8 Å². The number of benzene rings is 1. The summed E-state index contributed by atoms with van der Waals surface area (Å²) in [5.41, 5.74) is 4.96. The van der Waals surface area contributed by atoms with E-state index in [9.17, 15) is 0 Å². The van der Waals surface area contributed by atoms with Crippen LogP contribution in [0.3, 0.4) is 0 Å². The minimum Gasteiger partial charge on any atom is -0.379 e. The Bertz CT molecular complexity index is 576. The van der Waals surface area contributed by atoms with Gasteiger partial charge in [0.2, 0.25) is 0 Å². The molecular weight excluding hydrogens is 302 g/mol. The molecule has 1 saturated carbocycles. The first-order valence-corrected chi connectivity index (χ1v) is 7.46. The molecule has 100 valence electrons. The average molecular weight is 320 g/mol. The maximum atomic E-state index is 4.26. The van der Waals surface area contributed by atoms with Crippen LogP contribution in [0.15, 0.2) is 29.1 Å². The van der Waals surface area contributed by atoms with Crippen molar-refractivity contribution in [2.24, 2.45) is 0 Å². The number of halogens is 1. The van der Waals surface area contributed by atoms with Crippen LogP contribution in [0, 0.1) is 13.8 Å². The molecule has 0 unspecified atom stereocenters. The number of anilines is 1. The van der Waals surface area contributed by atoms with Crippen molar-refractivity contribution in [2.45, 2.75) is 39.3 Å². The predicted molar refractivity (Wildman–Crippen MR) is 81.4 cm³/mol. The molecule has 1 aliphatic carbocycles. The van der Waals surface area contributed by atoms with Crippen molar-refractivity contribution < 1.29 is 0 Å². The molecule has 0 bridgehead atoms. The molecule has 0 atom stereocenters. The van der Waals surface area contributed by atoms with E-state index in [1.165, 1.54) is 39.8 Å². The van der Waals surface area contributed by atoms with Crippen molar-refractivity contribution >= 4 is 21.6 Å². The molecule has 1 fully saturated rings. The van der Waals surface area contributed by atoms with Crippen LogP contribution in [0.5, 0.6) is 0 Å². The highest BCUT2D eigenvalue weighted by Crippen LogP contribution is 2.35. The Morgan fingerprint density at radius 3 is 2.63 bits per heavy atom. The van der Waals surface area contributed by atoms with Gasteiger partial charge in [-0.2, -0.15) is 0 Å². The second kappa shape index (κ2) is 5.00. The van der Waals surface area contributed by atoms with Crippen LogP contribution in [0.25, 0.3) is 0 Å². The fraction of sp³-hybridized carbons (Fsp3) is 0.400. The minimum atomic E-state index is 0.688. The quantitative estimate of drug-likeness (QED) is 0.914. The summed E-state index contributed by atoms with van der Waals surface area (Å²) in [6, 6.07) is 5.04. The topological polar surface area (TPSA) is 29.9 Å². The second-order valence-electron chi connectivity index (χ2n) is 5.30. The van der Waals surface area contributed by atoms with Crippen molar-refractivity contribution in [1.82, 2.24) is 9.55 Å². The Hall–Kier alpha value is -1.29. The summed E-state index contributed by atoms with van der Waals surface area (Å²) in [6.07, 6.45) is 6.50. The van der Waals surface area contributed by atoms with Gasteiger partial charge in [-0.25, -0.2) is 4.98 Å². The molecule has 2 aromatic rings. The summed E-state index contributed by atoms with van der Waals surface area (Å²) < 4.78 is 3.49. The zero-order valence-electron chi connectivity index (χ0n) is 11.3. The number of rotatable bonds is 4.